The number of hydrogen-bond acceptors (Lipinski definition) is 4. The molecule has 0 aliphatic heterocycles. The van der Waals surface area contributed by atoms with Crippen molar-refractivity contribution in [3.8, 4) is 5.75 Å². The lowest BCUT2D eigenvalue weighted by Crippen LogP contribution is -1.99. The van der Waals surface area contributed by atoms with E-state index in [2.05, 4.69) is 15.3 Å². The molecule has 5 nitrogen and oxygen atoms in total. The van der Waals surface area contributed by atoms with E-state index in [4.69, 9.17) is 16.3 Å². The summed E-state index contributed by atoms with van der Waals surface area (Å²) < 4.78 is 20.1. The van der Waals surface area contributed by atoms with Gasteiger partial charge in [0.05, 0.1) is 6.21 Å². The van der Waals surface area contributed by atoms with Gasteiger partial charge in [0.2, 0.25) is 0 Å². The fourth-order valence-corrected chi connectivity index (χ4v) is 2.06. The van der Waals surface area contributed by atoms with Gasteiger partial charge in [-0.15, -0.1) is 10.2 Å². The first kappa shape index (κ1) is 15.2. The number of nitrogens with zero attached hydrogens (tertiary/aromatic N) is 4. The summed E-state index contributed by atoms with van der Waals surface area (Å²) in [5.74, 6) is 0.345. The SMILES string of the molecule is Fc1ccc(COc2ccc(Cl)cc2/C=N\n2cnnc2)cc1. The molecule has 0 atom stereocenters. The smallest absolute Gasteiger partial charge is 0.141 e. The Balaban J connectivity index is 1.77. The molecule has 0 fully saturated rings. The molecule has 3 rings (SSSR count). The second-order valence-corrected chi connectivity index (χ2v) is 5.12. The van der Waals surface area contributed by atoms with Gasteiger partial charge >= 0.3 is 0 Å². The first-order chi connectivity index (χ1) is 11.2. The number of aromatic nitrogens is 3. The van der Waals surface area contributed by atoms with Crippen molar-refractivity contribution in [2.45, 2.75) is 6.61 Å². The molecule has 0 bridgehead atoms. The summed E-state index contributed by atoms with van der Waals surface area (Å²) in [6.45, 7) is 0.315. The molecule has 1 aromatic heterocycles. The number of benzene rings is 2. The minimum Gasteiger partial charge on any atom is -0.488 e. The van der Waals surface area contributed by atoms with E-state index in [0.29, 0.717) is 22.9 Å². The lowest BCUT2D eigenvalue weighted by Gasteiger charge is -2.09. The van der Waals surface area contributed by atoms with Gasteiger partial charge in [-0.2, -0.15) is 5.10 Å². The van der Waals surface area contributed by atoms with E-state index in [9.17, 15) is 4.39 Å². The average Bonchev–Trinajstić information content (AvgIpc) is 3.07. The van der Waals surface area contributed by atoms with E-state index in [-0.39, 0.29) is 5.82 Å². The zero-order valence-electron chi connectivity index (χ0n) is 11.9. The molecule has 0 spiro atoms. The quantitative estimate of drug-likeness (QED) is 0.672. The van der Waals surface area contributed by atoms with Crippen molar-refractivity contribution >= 4 is 17.8 Å². The second-order valence-electron chi connectivity index (χ2n) is 4.68. The van der Waals surface area contributed by atoms with Crippen LogP contribution in [0.2, 0.25) is 5.02 Å². The summed E-state index contributed by atoms with van der Waals surface area (Å²) in [7, 11) is 0. The van der Waals surface area contributed by atoms with Crippen LogP contribution in [0.25, 0.3) is 0 Å². The fraction of sp³-hybridized carbons (Fsp3) is 0.0625. The van der Waals surface area contributed by atoms with E-state index in [0.717, 1.165) is 5.56 Å². The molecule has 0 unspecified atom stereocenters. The molecule has 0 saturated heterocycles. The zero-order valence-corrected chi connectivity index (χ0v) is 12.7. The van der Waals surface area contributed by atoms with Gasteiger partial charge in [-0.1, -0.05) is 23.7 Å². The van der Waals surface area contributed by atoms with Crippen LogP contribution in [0.1, 0.15) is 11.1 Å². The first-order valence-corrected chi connectivity index (χ1v) is 7.14. The Bertz CT molecular complexity index is 803. The van der Waals surface area contributed by atoms with Crippen molar-refractivity contribution in [3.05, 3.63) is 77.1 Å². The molecule has 116 valence electrons. The molecule has 0 aliphatic carbocycles. The summed E-state index contributed by atoms with van der Waals surface area (Å²) in [6.07, 6.45) is 4.55. The molecule has 7 heteroatoms. The topological polar surface area (TPSA) is 52.3 Å². The molecular formula is C16H12ClFN4O. The van der Waals surface area contributed by atoms with Crippen LogP contribution in [0.5, 0.6) is 5.75 Å². The standard InChI is InChI=1S/C16H12ClFN4O/c17-14-3-6-16(23-9-12-1-4-15(18)5-2-12)13(7-14)8-21-22-10-19-20-11-22/h1-8,10-11H,9H2/b21-8-. The van der Waals surface area contributed by atoms with E-state index < -0.39 is 0 Å². The summed E-state index contributed by atoms with van der Waals surface area (Å²) in [5.41, 5.74) is 1.58. The summed E-state index contributed by atoms with van der Waals surface area (Å²) in [6, 6.07) is 11.4. The van der Waals surface area contributed by atoms with Crippen molar-refractivity contribution < 1.29 is 9.13 Å². The largest absolute Gasteiger partial charge is 0.488 e. The van der Waals surface area contributed by atoms with Gasteiger partial charge in [-0.25, -0.2) is 9.07 Å². The van der Waals surface area contributed by atoms with E-state index >= 15 is 0 Å². The molecule has 23 heavy (non-hydrogen) atoms. The number of halogens is 2. The summed E-state index contributed by atoms with van der Waals surface area (Å²) in [5, 5.41) is 12.1. The molecule has 0 N–H and O–H groups in total. The van der Waals surface area contributed by atoms with Gasteiger partial charge in [-0.3, -0.25) is 0 Å². The Morgan fingerprint density at radius 2 is 1.87 bits per heavy atom. The lowest BCUT2D eigenvalue weighted by atomic mass is 10.2. The van der Waals surface area contributed by atoms with Gasteiger partial charge in [0.1, 0.15) is 30.8 Å². The monoisotopic (exact) mass is 330 g/mol. The van der Waals surface area contributed by atoms with Crippen LogP contribution in [0, 0.1) is 5.82 Å². The Hall–Kier alpha value is -2.73. The van der Waals surface area contributed by atoms with Crippen LogP contribution < -0.4 is 4.74 Å². The lowest BCUT2D eigenvalue weighted by molar-refractivity contribution is 0.305. The van der Waals surface area contributed by atoms with E-state index in [1.165, 1.54) is 29.5 Å². The highest BCUT2D eigenvalue weighted by Crippen LogP contribution is 2.22. The summed E-state index contributed by atoms with van der Waals surface area (Å²) in [4.78, 5) is 0. The molecule has 1 heterocycles. The van der Waals surface area contributed by atoms with Crippen LogP contribution in [0.3, 0.4) is 0 Å². The minimum atomic E-state index is -0.276. The van der Waals surface area contributed by atoms with Crippen molar-refractivity contribution in [1.82, 2.24) is 14.9 Å². The molecule has 0 amide bonds. The maximum Gasteiger partial charge on any atom is 0.141 e. The van der Waals surface area contributed by atoms with Crippen molar-refractivity contribution in [2.75, 3.05) is 0 Å². The predicted octanol–water partition coefficient (Wildman–Crippen LogP) is 3.53. The Labute approximate surface area is 137 Å². The highest BCUT2D eigenvalue weighted by atomic mass is 35.5. The van der Waals surface area contributed by atoms with Crippen molar-refractivity contribution in [3.63, 3.8) is 0 Å². The van der Waals surface area contributed by atoms with E-state index in [1.807, 2.05) is 0 Å². The van der Waals surface area contributed by atoms with Crippen molar-refractivity contribution in [1.29, 1.82) is 0 Å². The third-order valence-corrected chi connectivity index (χ3v) is 3.25. The van der Waals surface area contributed by atoms with Gasteiger partial charge in [0, 0.05) is 10.6 Å². The molecular weight excluding hydrogens is 319 g/mol. The van der Waals surface area contributed by atoms with Crippen LogP contribution in [-0.4, -0.2) is 21.1 Å². The zero-order chi connectivity index (χ0) is 16.1. The highest BCUT2D eigenvalue weighted by molar-refractivity contribution is 6.30. The summed E-state index contributed by atoms with van der Waals surface area (Å²) >= 11 is 6.02. The first-order valence-electron chi connectivity index (χ1n) is 6.76. The van der Waals surface area contributed by atoms with Crippen LogP contribution in [0.4, 0.5) is 4.39 Å². The molecule has 0 radical (unpaired) electrons. The highest BCUT2D eigenvalue weighted by Gasteiger charge is 2.04. The van der Waals surface area contributed by atoms with Gasteiger partial charge in [0.15, 0.2) is 0 Å². The van der Waals surface area contributed by atoms with Gasteiger partial charge < -0.3 is 4.74 Å². The maximum atomic E-state index is 12.9. The van der Waals surface area contributed by atoms with Crippen LogP contribution in [0.15, 0.2) is 60.2 Å². The molecule has 2 aromatic carbocycles. The minimum absolute atomic E-state index is 0.276. The fourth-order valence-electron chi connectivity index (χ4n) is 1.88. The second kappa shape index (κ2) is 7.02. The molecule has 0 aliphatic rings. The average molecular weight is 331 g/mol. The number of hydrogen-bond donors (Lipinski definition) is 0. The third kappa shape index (κ3) is 4.14. The Morgan fingerprint density at radius 3 is 2.61 bits per heavy atom. The predicted molar refractivity (Wildman–Crippen MR) is 85.2 cm³/mol. The van der Waals surface area contributed by atoms with Crippen LogP contribution >= 0.6 is 11.6 Å². The molecule has 3 aromatic rings. The third-order valence-electron chi connectivity index (χ3n) is 3.02. The van der Waals surface area contributed by atoms with Crippen LogP contribution in [-0.2, 0) is 6.61 Å². The molecule has 0 saturated carbocycles. The number of rotatable bonds is 5. The van der Waals surface area contributed by atoms with Gasteiger partial charge in [-0.05, 0) is 35.9 Å². The van der Waals surface area contributed by atoms with Gasteiger partial charge in [0.25, 0.3) is 0 Å². The Morgan fingerprint density at radius 1 is 1.13 bits per heavy atom. The number of ether oxygens (including phenoxy) is 1. The maximum absolute atomic E-state index is 12.9. The van der Waals surface area contributed by atoms with Crippen molar-refractivity contribution in [2.24, 2.45) is 5.10 Å². The normalized spacial score (nSPS) is 11.0. The van der Waals surface area contributed by atoms with E-state index in [1.54, 1.807) is 36.5 Å². The Kier molecular flexibility index (Phi) is 4.63.